The number of nitrogens with two attached hydrogens (primary N) is 1. The molecule has 4 N–H and O–H groups in total. The van der Waals surface area contributed by atoms with E-state index in [1.165, 1.54) is 7.11 Å². The van der Waals surface area contributed by atoms with E-state index in [9.17, 15) is 18.3 Å². The van der Waals surface area contributed by atoms with Crippen molar-refractivity contribution in [3.8, 4) is 5.75 Å². The normalized spacial score (nSPS) is 25.4. The average molecular weight is 345 g/mol. The Morgan fingerprint density at radius 1 is 1.50 bits per heavy atom. The van der Waals surface area contributed by atoms with E-state index in [1.807, 2.05) is 0 Å². The number of alkyl halides is 3. The van der Waals surface area contributed by atoms with Gasteiger partial charge >= 0.3 is 6.18 Å². The smallest absolute Gasteiger partial charge is 0.391 e. The number of halogens is 3. The molecule has 24 heavy (non-hydrogen) atoms. The summed E-state index contributed by atoms with van der Waals surface area (Å²) in [5.41, 5.74) is 4.92. The Balaban J connectivity index is 1.97. The maximum atomic E-state index is 12.8. The summed E-state index contributed by atoms with van der Waals surface area (Å²) < 4.78 is 43.6. The Hall–Kier alpha value is -1.96. The van der Waals surface area contributed by atoms with Gasteiger partial charge in [-0.2, -0.15) is 13.2 Å². The lowest BCUT2D eigenvalue weighted by molar-refractivity contribution is -0.199. The molecule has 2 rings (SSSR count). The minimum Gasteiger partial charge on any atom is -0.497 e. The molecule has 1 fully saturated rings. The van der Waals surface area contributed by atoms with Crippen molar-refractivity contribution in [1.29, 1.82) is 0 Å². The van der Waals surface area contributed by atoms with Crippen molar-refractivity contribution >= 4 is 11.6 Å². The van der Waals surface area contributed by atoms with Crippen LogP contribution in [-0.2, 0) is 0 Å². The van der Waals surface area contributed by atoms with Crippen LogP contribution in [0.1, 0.15) is 25.7 Å². The zero-order valence-corrected chi connectivity index (χ0v) is 13.4. The molecule has 0 bridgehead atoms. The monoisotopic (exact) mass is 345 g/mol. The molecule has 0 saturated heterocycles. The van der Waals surface area contributed by atoms with Gasteiger partial charge in [0.25, 0.3) is 0 Å². The Morgan fingerprint density at radius 2 is 2.25 bits per heavy atom. The number of hydrogen-bond acceptors (Lipinski definition) is 3. The van der Waals surface area contributed by atoms with Gasteiger partial charge in [0, 0.05) is 11.8 Å². The molecule has 1 aromatic rings. The number of rotatable bonds is 4. The molecule has 0 spiro atoms. The molecule has 1 aliphatic carbocycles. The maximum Gasteiger partial charge on any atom is 0.391 e. The van der Waals surface area contributed by atoms with Gasteiger partial charge in [-0.3, -0.25) is 4.99 Å². The van der Waals surface area contributed by atoms with Crippen LogP contribution >= 0.6 is 0 Å². The highest BCUT2D eigenvalue weighted by atomic mass is 19.4. The fourth-order valence-electron chi connectivity index (χ4n) is 2.88. The third-order valence-electron chi connectivity index (χ3n) is 4.17. The first-order chi connectivity index (χ1) is 11.2. The van der Waals surface area contributed by atoms with E-state index in [0.717, 1.165) is 0 Å². The molecule has 134 valence electrons. The van der Waals surface area contributed by atoms with Gasteiger partial charge in [-0.1, -0.05) is 6.07 Å². The number of anilines is 1. The Kier molecular flexibility index (Phi) is 5.58. The molecule has 1 aliphatic rings. The lowest BCUT2D eigenvalue weighted by Gasteiger charge is -2.36. The van der Waals surface area contributed by atoms with Crippen molar-refractivity contribution < 1.29 is 23.0 Å². The van der Waals surface area contributed by atoms with Gasteiger partial charge < -0.3 is 20.9 Å². The van der Waals surface area contributed by atoms with Gasteiger partial charge in [0.15, 0.2) is 5.96 Å². The molecule has 1 saturated carbocycles. The predicted octanol–water partition coefficient (Wildman–Crippen LogP) is 2.91. The van der Waals surface area contributed by atoms with Crippen LogP contribution in [0.3, 0.4) is 0 Å². The van der Waals surface area contributed by atoms with Crippen LogP contribution in [0.2, 0.25) is 0 Å². The van der Waals surface area contributed by atoms with E-state index in [4.69, 9.17) is 10.5 Å². The highest BCUT2D eigenvalue weighted by Crippen LogP contribution is 2.41. The number of nitrogens with one attached hydrogen (secondary N) is 1. The minimum atomic E-state index is -4.29. The van der Waals surface area contributed by atoms with Crippen LogP contribution in [0, 0.1) is 5.92 Å². The molecular weight excluding hydrogens is 323 g/mol. The molecule has 5 nitrogen and oxygen atoms in total. The molecule has 2 atom stereocenters. The first-order valence-electron chi connectivity index (χ1n) is 7.72. The van der Waals surface area contributed by atoms with Crippen LogP contribution in [0.25, 0.3) is 0 Å². The van der Waals surface area contributed by atoms with E-state index < -0.39 is 17.7 Å². The van der Waals surface area contributed by atoms with Gasteiger partial charge in [0.2, 0.25) is 0 Å². The molecule has 0 aliphatic heterocycles. The topological polar surface area (TPSA) is 79.9 Å². The van der Waals surface area contributed by atoms with Crippen molar-refractivity contribution in [3.63, 3.8) is 0 Å². The summed E-state index contributed by atoms with van der Waals surface area (Å²) in [4.78, 5) is 4.01. The summed E-state index contributed by atoms with van der Waals surface area (Å²) >= 11 is 0. The predicted molar refractivity (Wildman–Crippen MR) is 86.1 cm³/mol. The summed E-state index contributed by atoms with van der Waals surface area (Å²) in [5.74, 6) is -0.823. The third-order valence-corrected chi connectivity index (χ3v) is 4.17. The fourth-order valence-corrected chi connectivity index (χ4v) is 2.88. The number of guanidine groups is 1. The van der Waals surface area contributed by atoms with Gasteiger partial charge in [-0.05, 0) is 37.8 Å². The summed E-state index contributed by atoms with van der Waals surface area (Å²) in [5, 5.41) is 13.2. The highest BCUT2D eigenvalue weighted by Gasteiger charge is 2.46. The average Bonchev–Trinajstić information content (AvgIpc) is 2.52. The Morgan fingerprint density at radius 3 is 2.92 bits per heavy atom. The van der Waals surface area contributed by atoms with Gasteiger partial charge in [0.1, 0.15) is 5.75 Å². The lowest BCUT2D eigenvalue weighted by atomic mass is 9.78. The van der Waals surface area contributed by atoms with E-state index in [1.54, 1.807) is 24.3 Å². The lowest BCUT2D eigenvalue weighted by Crippen LogP contribution is -2.43. The van der Waals surface area contributed by atoms with Crippen molar-refractivity contribution in [2.45, 2.75) is 37.5 Å². The van der Waals surface area contributed by atoms with Crippen LogP contribution in [0.5, 0.6) is 5.75 Å². The standard InChI is InChI=1S/C16H22F3N3O2/c1-24-13-6-2-5-12(8-13)22-14(20)21-10-15(23)7-3-4-11(9-15)16(17,18)19/h2,5-6,8,11,23H,3-4,7,9-10H2,1H3,(H3,20,21,22). The molecule has 8 heteroatoms. The summed E-state index contributed by atoms with van der Waals surface area (Å²) in [6.07, 6.45) is -3.98. The van der Waals surface area contributed by atoms with Crippen molar-refractivity contribution in [2.24, 2.45) is 16.6 Å². The molecular formula is C16H22F3N3O2. The molecule has 1 aromatic carbocycles. The first-order valence-corrected chi connectivity index (χ1v) is 7.72. The van der Waals surface area contributed by atoms with Crippen LogP contribution in [0.15, 0.2) is 29.3 Å². The summed E-state index contributed by atoms with van der Waals surface area (Å²) in [7, 11) is 1.53. The van der Waals surface area contributed by atoms with Crippen molar-refractivity contribution in [1.82, 2.24) is 0 Å². The number of hydrogen-bond donors (Lipinski definition) is 3. The summed E-state index contributed by atoms with van der Waals surface area (Å²) in [6.45, 7) is -0.164. The molecule has 0 amide bonds. The largest absolute Gasteiger partial charge is 0.497 e. The van der Waals surface area contributed by atoms with E-state index in [2.05, 4.69) is 10.3 Å². The summed E-state index contributed by atoms with van der Waals surface area (Å²) in [6, 6.07) is 6.98. The molecule has 0 aromatic heterocycles. The molecule has 0 heterocycles. The number of benzene rings is 1. The number of nitrogens with zero attached hydrogens (tertiary/aromatic N) is 1. The minimum absolute atomic E-state index is 0.0332. The van der Waals surface area contributed by atoms with E-state index >= 15 is 0 Å². The van der Waals surface area contributed by atoms with Crippen LogP contribution in [-0.4, -0.2) is 36.5 Å². The second kappa shape index (κ2) is 7.29. The number of aliphatic hydroxyl groups is 1. The Bertz CT molecular complexity index is 592. The number of aliphatic imine (C=N–C) groups is 1. The van der Waals surface area contributed by atoms with Crippen LogP contribution in [0.4, 0.5) is 18.9 Å². The molecule has 2 unspecified atom stereocenters. The van der Waals surface area contributed by atoms with Crippen molar-refractivity contribution in [2.75, 3.05) is 19.0 Å². The van der Waals surface area contributed by atoms with Gasteiger partial charge in [0.05, 0.1) is 25.2 Å². The van der Waals surface area contributed by atoms with Gasteiger partial charge in [-0.25, -0.2) is 0 Å². The van der Waals surface area contributed by atoms with Crippen LogP contribution < -0.4 is 15.8 Å². The number of methoxy groups -OCH3 is 1. The van der Waals surface area contributed by atoms with Crippen molar-refractivity contribution in [3.05, 3.63) is 24.3 Å². The highest BCUT2D eigenvalue weighted by molar-refractivity contribution is 5.92. The SMILES string of the molecule is COc1cccc(NC(N)=NCC2(O)CCCC(C(F)(F)F)C2)c1. The van der Waals surface area contributed by atoms with E-state index in [0.29, 0.717) is 17.9 Å². The van der Waals surface area contributed by atoms with E-state index in [-0.39, 0.29) is 31.8 Å². The zero-order chi connectivity index (χ0) is 17.8. The second-order valence-electron chi connectivity index (χ2n) is 6.12. The second-order valence-corrected chi connectivity index (χ2v) is 6.12. The fraction of sp³-hybridized carbons (Fsp3) is 0.562. The van der Waals surface area contributed by atoms with Gasteiger partial charge in [-0.15, -0.1) is 0 Å². The maximum absolute atomic E-state index is 12.8. The zero-order valence-electron chi connectivity index (χ0n) is 13.4. The Labute approximate surface area is 138 Å². The third kappa shape index (κ3) is 5.02. The molecule has 0 radical (unpaired) electrons. The number of ether oxygens (including phenoxy) is 1. The quantitative estimate of drug-likeness (QED) is 0.579. The first kappa shape index (κ1) is 18.4.